The second-order valence-electron chi connectivity index (χ2n) is 4.64. The molecule has 0 atom stereocenters. The van der Waals surface area contributed by atoms with Gasteiger partial charge in [0.05, 0.1) is 10.9 Å². The molecule has 0 saturated carbocycles. The van der Waals surface area contributed by atoms with Crippen LogP contribution in [0.5, 0.6) is 0 Å². The number of nitrogens with zero attached hydrogens (tertiary/aromatic N) is 4. The Morgan fingerprint density at radius 1 is 1.29 bits per heavy atom. The summed E-state index contributed by atoms with van der Waals surface area (Å²) in [5, 5.41) is 9.83. The van der Waals surface area contributed by atoms with Gasteiger partial charge in [0.1, 0.15) is 0 Å². The van der Waals surface area contributed by atoms with E-state index in [1.165, 1.54) is 11.8 Å². The quantitative estimate of drug-likeness (QED) is 0.531. The SMILES string of the molecule is COCCCn1c(=O)c2ccccc2n2c(SC)nnc12. The largest absolute Gasteiger partial charge is 0.385 e. The lowest BCUT2D eigenvalue weighted by Gasteiger charge is -2.10. The first-order chi connectivity index (χ1) is 10.3. The molecule has 0 N–H and O–H groups in total. The zero-order valence-corrected chi connectivity index (χ0v) is 12.8. The molecular weight excluding hydrogens is 288 g/mol. The van der Waals surface area contributed by atoms with Crippen LogP contribution in [0.15, 0.2) is 34.2 Å². The third-order valence-electron chi connectivity index (χ3n) is 3.39. The average molecular weight is 304 g/mol. The first-order valence-electron chi connectivity index (χ1n) is 6.67. The highest BCUT2D eigenvalue weighted by Crippen LogP contribution is 2.19. The van der Waals surface area contributed by atoms with Crippen LogP contribution in [0.2, 0.25) is 0 Å². The third kappa shape index (κ3) is 2.32. The van der Waals surface area contributed by atoms with Crippen molar-refractivity contribution in [3.63, 3.8) is 0 Å². The van der Waals surface area contributed by atoms with Gasteiger partial charge in [0.2, 0.25) is 5.78 Å². The van der Waals surface area contributed by atoms with Crippen molar-refractivity contribution in [2.75, 3.05) is 20.0 Å². The number of aromatic nitrogens is 4. The molecule has 0 fully saturated rings. The van der Waals surface area contributed by atoms with Crippen LogP contribution >= 0.6 is 11.8 Å². The van der Waals surface area contributed by atoms with Gasteiger partial charge < -0.3 is 4.74 Å². The first kappa shape index (κ1) is 14.1. The number of hydrogen-bond acceptors (Lipinski definition) is 5. The van der Waals surface area contributed by atoms with E-state index in [9.17, 15) is 4.79 Å². The molecule has 110 valence electrons. The van der Waals surface area contributed by atoms with Gasteiger partial charge in [-0.3, -0.25) is 13.8 Å². The summed E-state index contributed by atoms with van der Waals surface area (Å²) in [5.41, 5.74) is 0.809. The van der Waals surface area contributed by atoms with Gasteiger partial charge in [-0.25, -0.2) is 0 Å². The third-order valence-corrected chi connectivity index (χ3v) is 4.02. The summed E-state index contributed by atoms with van der Waals surface area (Å²) >= 11 is 1.51. The molecule has 21 heavy (non-hydrogen) atoms. The standard InChI is InChI=1S/C14H16N4O2S/c1-20-9-5-8-17-12(19)10-6-3-4-7-11(10)18-13(17)15-16-14(18)21-2/h3-4,6-7H,5,8-9H2,1-2H3. The number of thioether (sulfide) groups is 1. The lowest BCUT2D eigenvalue weighted by atomic mass is 10.2. The van der Waals surface area contributed by atoms with Crippen LogP contribution in [-0.2, 0) is 11.3 Å². The summed E-state index contributed by atoms with van der Waals surface area (Å²) in [6.07, 6.45) is 2.71. The fourth-order valence-corrected chi connectivity index (χ4v) is 2.92. The Bertz CT molecular complexity index is 840. The minimum Gasteiger partial charge on any atom is -0.385 e. The molecule has 0 bridgehead atoms. The number of rotatable bonds is 5. The Hall–Kier alpha value is -1.86. The Balaban J connectivity index is 2.31. The number of aryl methyl sites for hydroxylation is 1. The number of benzene rings is 1. The topological polar surface area (TPSA) is 61.4 Å². The van der Waals surface area contributed by atoms with Crippen LogP contribution in [0, 0.1) is 0 Å². The van der Waals surface area contributed by atoms with Gasteiger partial charge in [0.15, 0.2) is 5.16 Å². The molecule has 7 heteroatoms. The van der Waals surface area contributed by atoms with Crippen LogP contribution < -0.4 is 5.56 Å². The highest BCUT2D eigenvalue weighted by atomic mass is 32.2. The Kier molecular flexibility index (Phi) is 3.94. The van der Waals surface area contributed by atoms with E-state index in [4.69, 9.17) is 4.74 Å². The highest BCUT2D eigenvalue weighted by molar-refractivity contribution is 7.98. The number of ether oxygens (including phenoxy) is 1. The normalized spacial score (nSPS) is 11.5. The number of hydrogen-bond donors (Lipinski definition) is 0. The minimum absolute atomic E-state index is 0.0331. The molecule has 0 spiro atoms. The van der Waals surface area contributed by atoms with Gasteiger partial charge in [0.25, 0.3) is 5.56 Å². The monoisotopic (exact) mass is 304 g/mol. The molecule has 0 aliphatic carbocycles. The van der Waals surface area contributed by atoms with Gasteiger partial charge in [-0.15, -0.1) is 10.2 Å². The summed E-state index contributed by atoms with van der Waals surface area (Å²) in [5.74, 6) is 0.583. The molecule has 0 radical (unpaired) electrons. The second-order valence-corrected chi connectivity index (χ2v) is 5.42. The molecule has 0 unspecified atom stereocenters. The van der Waals surface area contributed by atoms with Crippen LogP contribution in [-0.4, -0.2) is 39.1 Å². The van der Waals surface area contributed by atoms with E-state index in [-0.39, 0.29) is 5.56 Å². The van der Waals surface area contributed by atoms with Gasteiger partial charge >= 0.3 is 0 Å². The maximum Gasteiger partial charge on any atom is 0.262 e. The van der Waals surface area contributed by atoms with Crippen LogP contribution in [0.3, 0.4) is 0 Å². The second kappa shape index (κ2) is 5.87. The van der Waals surface area contributed by atoms with E-state index in [0.29, 0.717) is 24.3 Å². The van der Waals surface area contributed by atoms with Crippen LogP contribution in [0.4, 0.5) is 0 Å². The predicted molar refractivity (Wildman–Crippen MR) is 83.0 cm³/mol. The van der Waals surface area contributed by atoms with Gasteiger partial charge in [0, 0.05) is 20.3 Å². The fourth-order valence-electron chi connectivity index (χ4n) is 2.43. The predicted octanol–water partition coefficient (Wildman–Crippen LogP) is 1.80. The smallest absolute Gasteiger partial charge is 0.262 e. The lowest BCUT2D eigenvalue weighted by Crippen LogP contribution is -2.24. The van der Waals surface area contributed by atoms with E-state index in [1.807, 2.05) is 34.9 Å². The molecule has 6 nitrogen and oxygen atoms in total. The fraction of sp³-hybridized carbons (Fsp3) is 0.357. The van der Waals surface area contributed by atoms with E-state index >= 15 is 0 Å². The molecule has 0 aliphatic heterocycles. The van der Waals surface area contributed by atoms with Gasteiger partial charge in [-0.05, 0) is 24.8 Å². The van der Waals surface area contributed by atoms with Gasteiger partial charge in [-0.2, -0.15) is 0 Å². The van der Waals surface area contributed by atoms with Crippen molar-refractivity contribution in [3.8, 4) is 0 Å². The maximum atomic E-state index is 12.7. The molecule has 2 aromatic heterocycles. The Morgan fingerprint density at radius 2 is 2.10 bits per heavy atom. The van der Waals surface area contributed by atoms with Gasteiger partial charge in [-0.1, -0.05) is 23.9 Å². The van der Waals surface area contributed by atoms with E-state index in [1.54, 1.807) is 11.7 Å². The van der Waals surface area contributed by atoms with Crippen molar-refractivity contribution in [2.24, 2.45) is 0 Å². The van der Waals surface area contributed by atoms with Crippen molar-refractivity contribution >= 4 is 28.4 Å². The molecule has 2 heterocycles. The van der Waals surface area contributed by atoms with E-state index < -0.39 is 0 Å². The first-order valence-corrected chi connectivity index (χ1v) is 7.90. The van der Waals surface area contributed by atoms with Crippen LogP contribution in [0.1, 0.15) is 6.42 Å². The summed E-state index contributed by atoms with van der Waals surface area (Å²) in [7, 11) is 1.65. The Labute approximate surface area is 125 Å². The zero-order chi connectivity index (χ0) is 14.8. The molecule has 3 aromatic rings. The Morgan fingerprint density at radius 3 is 2.86 bits per heavy atom. The van der Waals surface area contributed by atoms with Crippen molar-refractivity contribution in [1.82, 2.24) is 19.2 Å². The molecule has 0 aliphatic rings. The number of fused-ring (bicyclic) bond motifs is 3. The zero-order valence-electron chi connectivity index (χ0n) is 11.9. The van der Waals surface area contributed by atoms with Crippen LogP contribution in [0.25, 0.3) is 16.7 Å². The van der Waals surface area contributed by atoms with Crippen molar-refractivity contribution in [3.05, 3.63) is 34.6 Å². The maximum absolute atomic E-state index is 12.7. The van der Waals surface area contributed by atoms with E-state index in [0.717, 1.165) is 17.1 Å². The summed E-state index contributed by atoms with van der Waals surface area (Å²) in [4.78, 5) is 12.7. The molecular formula is C14H16N4O2S. The molecule has 0 saturated heterocycles. The number of para-hydroxylation sites is 1. The van der Waals surface area contributed by atoms with Crippen molar-refractivity contribution < 1.29 is 4.74 Å². The summed E-state index contributed by atoms with van der Waals surface area (Å²) < 4.78 is 8.68. The average Bonchev–Trinajstić information content (AvgIpc) is 2.94. The number of methoxy groups -OCH3 is 1. The molecule has 1 aromatic carbocycles. The summed E-state index contributed by atoms with van der Waals surface area (Å²) in [6.45, 7) is 1.17. The lowest BCUT2D eigenvalue weighted by molar-refractivity contribution is 0.190. The van der Waals surface area contributed by atoms with Crippen molar-refractivity contribution in [1.29, 1.82) is 0 Å². The van der Waals surface area contributed by atoms with E-state index in [2.05, 4.69) is 10.2 Å². The molecule has 0 amide bonds. The molecule has 3 rings (SSSR count). The van der Waals surface area contributed by atoms with Crippen molar-refractivity contribution in [2.45, 2.75) is 18.1 Å². The summed E-state index contributed by atoms with van der Waals surface area (Å²) in [6, 6.07) is 7.55. The highest BCUT2D eigenvalue weighted by Gasteiger charge is 2.15. The minimum atomic E-state index is -0.0331.